The van der Waals surface area contributed by atoms with E-state index >= 15 is 0 Å². The van der Waals surface area contributed by atoms with E-state index in [2.05, 4.69) is 0 Å². The van der Waals surface area contributed by atoms with Crippen LogP contribution in [0.15, 0.2) is 18.2 Å². The molecule has 0 aromatic heterocycles. The molecule has 68 valence electrons. The molecule has 12 heavy (non-hydrogen) atoms. The zero-order valence-electron chi connectivity index (χ0n) is 8.02. The molecule has 0 unspecified atom stereocenters. The summed E-state index contributed by atoms with van der Waals surface area (Å²) in [6.45, 7) is 5.98. The summed E-state index contributed by atoms with van der Waals surface area (Å²) in [5.74, 6) is 0.810. The molecular weight excluding hydrogens is 172 g/mol. The summed E-state index contributed by atoms with van der Waals surface area (Å²) in [4.78, 5) is 0. The Labute approximate surface area is 79.3 Å². The van der Waals surface area contributed by atoms with Crippen LogP contribution in [0.5, 0.6) is 5.75 Å². The minimum Gasteiger partial charge on any atom is -0.497 e. The number of ether oxygens (including phenoxy) is 1. The Morgan fingerprint density at radius 2 is 1.75 bits per heavy atom. The summed E-state index contributed by atoms with van der Waals surface area (Å²) < 4.78 is 4.99. The molecule has 0 atom stereocenters. The van der Waals surface area contributed by atoms with Gasteiger partial charge in [0.25, 0.3) is 0 Å². The molecule has 0 heterocycles. The lowest BCUT2D eigenvalue weighted by Gasteiger charge is -2.00. The molecule has 0 amide bonds. The third-order valence-electron chi connectivity index (χ3n) is 1.25. The van der Waals surface area contributed by atoms with Crippen molar-refractivity contribution in [1.29, 1.82) is 0 Å². The Hall–Kier alpha value is -0.690. The van der Waals surface area contributed by atoms with Crippen molar-refractivity contribution in [2.75, 3.05) is 7.11 Å². The summed E-state index contributed by atoms with van der Waals surface area (Å²) in [6, 6.07) is 5.62. The largest absolute Gasteiger partial charge is 0.497 e. The zero-order chi connectivity index (χ0) is 9.56. The van der Waals surface area contributed by atoms with Gasteiger partial charge in [-0.3, -0.25) is 0 Å². The number of hydrogen-bond acceptors (Lipinski definition) is 1. The Morgan fingerprint density at radius 1 is 1.17 bits per heavy atom. The van der Waals surface area contributed by atoms with Gasteiger partial charge in [0.05, 0.1) is 7.11 Å². The highest BCUT2D eigenvalue weighted by molar-refractivity contribution is 6.30. The highest BCUT2D eigenvalue weighted by Gasteiger charge is 1.93. The van der Waals surface area contributed by atoms with Crippen molar-refractivity contribution in [3.8, 4) is 5.75 Å². The third-order valence-corrected chi connectivity index (χ3v) is 1.47. The molecule has 0 saturated carbocycles. The van der Waals surface area contributed by atoms with Crippen molar-refractivity contribution in [1.82, 2.24) is 0 Å². The van der Waals surface area contributed by atoms with Crippen LogP contribution < -0.4 is 4.74 Å². The summed E-state index contributed by atoms with van der Waals surface area (Å²) >= 11 is 5.75. The molecule has 2 heteroatoms. The van der Waals surface area contributed by atoms with E-state index in [-0.39, 0.29) is 0 Å². The number of methoxy groups -OCH3 is 1. The van der Waals surface area contributed by atoms with E-state index in [0.29, 0.717) is 0 Å². The topological polar surface area (TPSA) is 9.23 Å². The highest BCUT2D eigenvalue weighted by Crippen LogP contribution is 2.19. The first-order valence-electron chi connectivity index (χ1n) is 4.03. The Morgan fingerprint density at radius 3 is 2.17 bits per heavy atom. The van der Waals surface area contributed by atoms with Crippen molar-refractivity contribution in [3.05, 3.63) is 28.8 Å². The van der Waals surface area contributed by atoms with Crippen LogP contribution in [-0.4, -0.2) is 7.11 Å². The molecular formula is C10H15ClO. The van der Waals surface area contributed by atoms with E-state index in [0.717, 1.165) is 16.3 Å². The van der Waals surface area contributed by atoms with E-state index in [9.17, 15) is 0 Å². The predicted octanol–water partition coefficient (Wildman–Crippen LogP) is 3.68. The lowest BCUT2D eigenvalue weighted by molar-refractivity contribution is 0.414. The molecule has 0 saturated heterocycles. The van der Waals surface area contributed by atoms with Gasteiger partial charge in [-0.05, 0) is 30.7 Å². The average molecular weight is 187 g/mol. The fraction of sp³-hybridized carbons (Fsp3) is 0.400. The minimum atomic E-state index is 0.719. The molecule has 1 nitrogen and oxygen atoms in total. The first-order chi connectivity index (χ1) is 5.72. The molecule has 1 aromatic rings. The molecule has 0 aliphatic heterocycles. The molecule has 0 fully saturated rings. The van der Waals surface area contributed by atoms with E-state index in [1.165, 1.54) is 0 Å². The Bertz CT molecular complexity index is 213. The van der Waals surface area contributed by atoms with Crippen LogP contribution in [0.2, 0.25) is 5.02 Å². The maximum atomic E-state index is 5.75. The summed E-state index contributed by atoms with van der Waals surface area (Å²) in [7, 11) is 1.63. The standard InChI is InChI=1S/C8H9ClO.C2H6/c1-6-3-7(9)5-8(4-6)10-2;1-2/h3-5H,1-2H3;1-2H3. The van der Waals surface area contributed by atoms with E-state index < -0.39 is 0 Å². The number of aryl methyl sites for hydroxylation is 1. The van der Waals surface area contributed by atoms with Gasteiger partial charge in [0.1, 0.15) is 5.75 Å². The predicted molar refractivity (Wildman–Crippen MR) is 54.1 cm³/mol. The normalized spacial score (nSPS) is 8.42. The number of rotatable bonds is 1. The van der Waals surface area contributed by atoms with E-state index in [4.69, 9.17) is 16.3 Å². The molecule has 1 rings (SSSR count). The van der Waals surface area contributed by atoms with Crippen LogP contribution in [0.1, 0.15) is 19.4 Å². The lowest BCUT2D eigenvalue weighted by Crippen LogP contribution is -1.82. The first kappa shape index (κ1) is 11.3. The molecule has 0 radical (unpaired) electrons. The molecule has 0 aliphatic carbocycles. The van der Waals surface area contributed by atoms with Gasteiger partial charge in [0.15, 0.2) is 0 Å². The summed E-state index contributed by atoms with van der Waals surface area (Å²) in [6.07, 6.45) is 0. The van der Waals surface area contributed by atoms with Gasteiger partial charge in [-0.25, -0.2) is 0 Å². The molecule has 0 aliphatic rings. The van der Waals surface area contributed by atoms with Crippen LogP contribution in [0.4, 0.5) is 0 Å². The quantitative estimate of drug-likeness (QED) is 0.650. The molecule has 1 aromatic carbocycles. The average Bonchev–Trinajstić information content (AvgIpc) is 2.06. The maximum absolute atomic E-state index is 5.75. The van der Waals surface area contributed by atoms with Crippen LogP contribution in [0.3, 0.4) is 0 Å². The smallest absolute Gasteiger partial charge is 0.120 e. The van der Waals surface area contributed by atoms with Gasteiger partial charge in [-0.2, -0.15) is 0 Å². The van der Waals surface area contributed by atoms with Gasteiger partial charge in [0.2, 0.25) is 0 Å². The second kappa shape index (κ2) is 5.90. The van der Waals surface area contributed by atoms with Crippen molar-refractivity contribution in [3.63, 3.8) is 0 Å². The molecule has 0 bridgehead atoms. The van der Waals surface area contributed by atoms with Gasteiger partial charge < -0.3 is 4.74 Å². The SMILES string of the molecule is CC.COc1cc(C)cc(Cl)c1. The minimum absolute atomic E-state index is 0.719. The van der Waals surface area contributed by atoms with Crippen LogP contribution in [0.25, 0.3) is 0 Å². The van der Waals surface area contributed by atoms with Crippen molar-refractivity contribution in [2.45, 2.75) is 20.8 Å². The van der Waals surface area contributed by atoms with Crippen LogP contribution in [0, 0.1) is 6.92 Å². The number of halogens is 1. The van der Waals surface area contributed by atoms with Gasteiger partial charge in [0, 0.05) is 5.02 Å². The second-order valence-corrected chi connectivity index (χ2v) is 2.60. The van der Waals surface area contributed by atoms with Crippen molar-refractivity contribution in [2.24, 2.45) is 0 Å². The fourth-order valence-electron chi connectivity index (χ4n) is 0.821. The fourth-order valence-corrected chi connectivity index (χ4v) is 1.10. The maximum Gasteiger partial charge on any atom is 0.120 e. The highest BCUT2D eigenvalue weighted by atomic mass is 35.5. The van der Waals surface area contributed by atoms with Gasteiger partial charge in [-0.15, -0.1) is 0 Å². The van der Waals surface area contributed by atoms with Gasteiger partial charge >= 0.3 is 0 Å². The lowest BCUT2D eigenvalue weighted by atomic mass is 10.2. The van der Waals surface area contributed by atoms with Crippen molar-refractivity contribution < 1.29 is 4.74 Å². The summed E-state index contributed by atoms with van der Waals surface area (Å²) in [5, 5.41) is 0.719. The number of benzene rings is 1. The Kier molecular flexibility index (Phi) is 5.56. The first-order valence-corrected chi connectivity index (χ1v) is 4.41. The molecule has 0 N–H and O–H groups in total. The van der Waals surface area contributed by atoms with Crippen molar-refractivity contribution >= 4 is 11.6 Å². The van der Waals surface area contributed by atoms with Crippen LogP contribution >= 0.6 is 11.6 Å². The van der Waals surface area contributed by atoms with Crippen LogP contribution in [-0.2, 0) is 0 Å². The van der Waals surface area contributed by atoms with E-state index in [1.807, 2.05) is 32.9 Å². The monoisotopic (exact) mass is 186 g/mol. The van der Waals surface area contributed by atoms with E-state index in [1.54, 1.807) is 13.2 Å². The molecule has 0 spiro atoms. The summed E-state index contributed by atoms with van der Waals surface area (Å²) in [5.41, 5.74) is 1.12. The Balaban J connectivity index is 0.000000561. The van der Waals surface area contributed by atoms with Gasteiger partial charge in [-0.1, -0.05) is 25.4 Å². The third kappa shape index (κ3) is 3.63. The zero-order valence-corrected chi connectivity index (χ0v) is 8.77. The second-order valence-electron chi connectivity index (χ2n) is 2.17. The number of hydrogen-bond donors (Lipinski definition) is 0.